The van der Waals surface area contributed by atoms with Crippen LogP contribution >= 0.6 is 0 Å². The van der Waals surface area contributed by atoms with Crippen molar-refractivity contribution < 1.29 is 4.79 Å². The van der Waals surface area contributed by atoms with Crippen molar-refractivity contribution in [2.75, 3.05) is 0 Å². The molecule has 0 bridgehead atoms. The number of para-hydroxylation sites is 1. The van der Waals surface area contributed by atoms with E-state index in [0.29, 0.717) is 11.3 Å². The standard InChI is InChI=1S/C11H12N4O/c1-8(12)11(16)9-4-2-3-5-10(9)15-7-13-6-14-15/h2-8H,12H2,1H3. The predicted octanol–water partition coefficient (Wildman–Crippen LogP) is 0.797. The second-order valence-electron chi connectivity index (χ2n) is 3.51. The average Bonchev–Trinajstić information content (AvgIpc) is 2.81. The van der Waals surface area contributed by atoms with E-state index in [4.69, 9.17) is 5.73 Å². The molecular weight excluding hydrogens is 204 g/mol. The number of ketones is 1. The summed E-state index contributed by atoms with van der Waals surface area (Å²) in [4.78, 5) is 15.7. The van der Waals surface area contributed by atoms with Crippen LogP contribution in [-0.4, -0.2) is 26.6 Å². The van der Waals surface area contributed by atoms with Crippen LogP contribution in [0, 0.1) is 0 Å². The second-order valence-corrected chi connectivity index (χ2v) is 3.51. The van der Waals surface area contributed by atoms with E-state index in [2.05, 4.69) is 10.1 Å². The number of nitrogens with zero attached hydrogens (tertiary/aromatic N) is 3. The van der Waals surface area contributed by atoms with Crippen molar-refractivity contribution in [3.8, 4) is 5.69 Å². The summed E-state index contributed by atoms with van der Waals surface area (Å²) >= 11 is 0. The Morgan fingerprint density at radius 2 is 2.19 bits per heavy atom. The molecule has 2 N–H and O–H groups in total. The molecular formula is C11H12N4O. The van der Waals surface area contributed by atoms with Crippen molar-refractivity contribution in [1.82, 2.24) is 14.8 Å². The molecule has 5 nitrogen and oxygen atoms in total. The first-order chi connectivity index (χ1) is 7.70. The van der Waals surface area contributed by atoms with Crippen LogP contribution in [0.2, 0.25) is 0 Å². The molecule has 5 heteroatoms. The van der Waals surface area contributed by atoms with Crippen LogP contribution in [0.1, 0.15) is 17.3 Å². The normalized spacial score (nSPS) is 12.4. The van der Waals surface area contributed by atoms with Gasteiger partial charge in [-0.05, 0) is 19.1 Å². The molecule has 2 rings (SSSR count). The molecule has 0 saturated heterocycles. The summed E-state index contributed by atoms with van der Waals surface area (Å²) in [5.74, 6) is -0.105. The Labute approximate surface area is 92.9 Å². The van der Waals surface area contributed by atoms with Gasteiger partial charge >= 0.3 is 0 Å². The lowest BCUT2D eigenvalue weighted by Crippen LogP contribution is -2.27. The summed E-state index contributed by atoms with van der Waals surface area (Å²) in [5.41, 5.74) is 6.85. The van der Waals surface area contributed by atoms with Gasteiger partial charge in [0.2, 0.25) is 0 Å². The number of aromatic nitrogens is 3. The average molecular weight is 216 g/mol. The van der Waals surface area contributed by atoms with E-state index < -0.39 is 6.04 Å². The number of Topliss-reactive ketones (excluding diaryl/α,β-unsaturated/α-hetero) is 1. The summed E-state index contributed by atoms with van der Waals surface area (Å²) in [7, 11) is 0. The smallest absolute Gasteiger partial charge is 0.181 e. The van der Waals surface area contributed by atoms with Crippen LogP contribution in [0.25, 0.3) is 5.69 Å². The fraction of sp³-hybridized carbons (Fsp3) is 0.182. The highest BCUT2D eigenvalue weighted by Gasteiger charge is 2.15. The number of benzene rings is 1. The van der Waals surface area contributed by atoms with Crippen molar-refractivity contribution in [3.05, 3.63) is 42.5 Å². The maximum atomic E-state index is 11.9. The summed E-state index contributed by atoms with van der Waals surface area (Å²) in [6.07, 6.45) is 2.97. The molecule has 0 saturated carbocycles. The highest BCUT2D eigenvalue weighted by molar-refractivity contribution is 6.02. The quantitative estimate of drug-likeness (QED) is 0.770. The van der Waals surface area contributed by atoms with Gasteiger partial charge in [-0.2, -0.15) is 5.10 Å². The van der Waals surface area contributed by atoms with Gasteiger partial charge < -0.3 is 5.73 Å². The molecule has 1 heterocycles. The maximum absolute atomic E-state index is 11.9. The van der Waals surface area contributed by atoms with Crippen LogP contribution in [0.4, 0.5) is 0 Å². The summed E-state index contributed by atoms with van der Waals surface area (Å²) in [5, 5.41) is 4.00. The van der Waals surface area contributed by atoms with E-state index in [1.165, 1.54) is 6.33 Å². The van der Waals surface area contributed by atoms with Gasteiger partial charge in [-0.15, -0.1) is 0 Å². The molecule has 0 aliphatic carbocycles. The van der Waals surface area contributed by atoms with Crippen LogP contribution in [-0.2, 0) is 0 Å². The molecule has 2 aromatic rings. The Kier molecular flexibility index (Phi) is 2.78. The fourth-order valence-electron chi connectivity index (χ4n) is 1.46. The minimum absolute atomic E-state index is 0.105. The first-order valence-corrected chi connectivity index (χ1v) is 4.94. The molecule has 16 heavy (non-hydrogen) atoms. The van der Waals surface area contributed by atoms with Crippen molar-refractivity contribution in [2.24, 2.45) is 5.73 Å². The minimum Gasteiger partial charge on any atom is -0.321 e. The molecule has 0 aliphatic rings. The number of nitrogens with two attached hydrogens (primary N) is 1. The van der Waals surface area contributed by atoms with Gasteiger partial charge in [-0.1, -0.05) is 12.1 Å². The summed E-state index contributed by atoms with van der Waals surface area (Å²) in [6, 6.07) is 6.67. The van der Waals surface area contributed by atoms with E-state index in [1.54, 1.807) is 30.1 Å². The number of rotatable bonds is 3. The van der Waals surface area contributed by atoms with Gasteiger partial charge in [0.1, 0.15) is 12.7 Å². The Morgan fingerprint density at radius 1 is 1.44 bits per heavy atom. The van der Waals surface area contributed by atoms with Crippen molar-refractivity contribution in [2.45, 2.75) is 13.0 Å². The van der Waals surface area contributed by atoms with Crippen LogP contribution in [0.15, 0.2) is 36.9 Å². The van der Waals surface area contributed by atoms with E-state index in [-0.39, 0.29) is 5.78 Å². The van der Waals surface area contributed by atoms with Gasteiger partial charge in [0.15, 0.2) is 5.78 Å². The summed E-state index contributed by atoms with van der Waals surface area (Å²) < 4.78 is 1.55. The van der Waals surface area contributed by atoms with Gasteiger partial charge in [-0.3, -0.25) is 4.79 Å². The number of carbonyl (C=O) groups is 1. The molecule has 82 valence electrons. The monoisotopic (exact) mass is 216 g/mol. The first kappa shape index (κ1) is 10.5. The Morgan fingerprint density at radius 3 is 2.81 bits per heavy atom. The third kappa shape index (κ3) is 1.85. The molecule has 1 atom stereocenters. The Bertz CT molecular complexity index is 490. The molecule has 0 spiro atoms. The van der Waals surface area contributed by atoms with Gasteiger partial charge in [-0.25, -0.2) is 9.67 Å². The molecule has 1 aromatic heterocycles. The number of hydrogen-bond donors (Lipinski definition) is 1. The second kappa shape index (κ2) is 4.24. The Balaban J connectivity index is 2.51. The van der Waals surface area contributed by atoms with Crippen molar-refractivity contribution in [3.63, 3.8) is 0 Å². The lowest BCUT2D eigenvalue weighted by Gasteiger charge is -2.09. The highest BCUT2D eigenvalue weighted by atomic mass is 16.1. The first-order valence-electron chi connectivity index (χ1n) is 4.94. The summed E-state index contributed by atoms with van der Waals surface area (Å²) in [6.45, 7) is 1.67. The van der Waals surface area contributed by atoms with Crippen LogP contribution < -0.4 is 5.73 Å². The number of carbonyl (C=O) groups excluding carboxylic acids is 1. The highest BCUT2D eigenvalue weighted by Crippen LogP contribution is 2.14. The van der Waals surface area contributed by atoms with E-state index in [0.717, 1.165) is 0 Å². The lowest BCUT2D eigenvalue weighted by molar-refractivity contribution is 0.0968. The minimum atomic E-state index is -0.523. The van der Waals surface area contributed by atoms with Crippen LogP contribution in [0.5, 0.6) is 0 Å². The zero-order valence-corrected chi connectivity index (χ0v) is 8.87. The third-order valence-electron chi connectivity index (χ3n) is 2.25. The Hall–Kier alpha value is -2.01. The largest absolute Gasteiger partial charge is 0.321 e. The molecule has 1 aromatic carbocycles. The molecule has 1 unspecified atom stereocenters. The van der Waals surface area contributed by atoms with Crippen molar-refractivity contribution >= 4 is 5.78 Å². The van der Waals surface area contributed by atoms with Crippen LogP contribution in [0.3, 0.4) is 0 Å². The van der Waals surface area contributed by atoms with Gasteiger partial charge in [0, 0.05) is 5.56 Å². The zero-order chi connectivity index (χ0) is 11.5. The molecule has 0 radical (unpaired) electrons. The van der Waals surface area contributed by atoms with E-state index in [1.807, 2.05) is 12.1 Å². The third-order valence-corrected chi connectivity index (χ3v) is 2.25. The van der Waals surface area contributed by atoms with Crippen molar-refractivity contribution in [1.29, 1.82) is 0 Å². The maximum Gasteiger partial charge on any atom is 0.181 e. The molecule has 0 aliphatic heterocycles. The van der Waals surface area contributed by atoms with E-state index >= 15 is 0 Å². The molecule has 0 fully saturated rings. The molecule has 0 amide bonds. The topological polar surface area (TPSA) is 73.8 Å². The zero-order valence-electron chi connectivity index (χ0n) is 8.87. The lowest BCUT2D eigenvalue weighted by atomic mass is 10.0. The van der Waals surface area contributed by atoms with Gasteiger partial charge in [0.25, 0.3) is 0 Å². The number of hydrogen-bond acceptors (Lipinski definition) is 4. The fourth-order valence-corrected chi connectivity index (χ4v) is 1.46. The SMILES string of the molecule is CC(N)C(=O)c1ccccc1-n1cncn1. The van der Waals surface area contributed by atoms with E-state index in [9.17, 15) is 4.79 Å². The van der Waals surface area contributed by atoms with Gasteiger partial charge in [0.05, 0.1) is 11.7 Å². The predicted molar refractivity (Wildman–Crippen MR) is 59.3 cm³/mol.